The first-order chi connectivity index (χ1) is 4.22. The maximum absolute atomic E-state index is 5.58. The number of rotatable bonds is 1. The fraction of sp³-hybridized carbons (Fsp3) is 0.800. The van der Waals surface area contributed by atoms with E-state index in [1.165, 1.54) is 4.42 Å². The number of hydrogen-bond donors (Lipinski definition) is 0. The van der Waals surface area contributed by atoms with Crippen molar-refractivity contribution in [2.24, 2.45) is 11.1 Å². The van der Waals surface area contributed by atoms with E-state index in [1.807, 2.05) is 13.8 Å². The Kier molecular flexibility index (Phi) is 1.81. The summed E-state index contributed by atoms with van der Waals surface area (Å²) in [7, 11) is 0. The molecule has 0 saturated heterocycles. The van der Waals surface area contributed by atoms with Crippen molar-refractivity contribution in [2.45, 2.75) is 20.1 Å². The third-order valence-corrected chi connectivity index (χ3v) is 1.36. The SMILES string of the molecule is CC(C)C1ON=[C]N1Cl. The topological polar surface area (TPSA) is 24.8 Å². The first-order valence-corrected chi connectivity index (χ1v) is 3.12. The summed E-state index contributed by atoms with van der Waals surface area (Å²) in [6.45, 7) is 4.01. The quantitative estimate of drug-likeness (QED) is 0.522. The van der Waals surface area contributed by atoms with E-state index >= 15 is 0 Å². The van der Waals surface area contributed by atoms with Crippen LogP contribution in [0.4, 0.5) is 0 Å². The van der Waals surface area contributed by atoms with Crippen molar-refractivity contribution in [2.75, 3.05) is 0 Å². The minimum Gasteiger partial charge on any atom is -0.367 e. The van der Waals surface area contributed by atoms with Crippen molar-refractivity contribution >= 4 is 18.1 Å². The van der Waals surface area contributed by atoms with Gasteiger partial charge in [0, 0.05) is 17.7 Å². The zero-order valence-electron chi connectivity index (χ0n) is 5.34. The zero-order chi connectivity index (χ0) is 6.85. The van der Waals surface area contributed by atoms with Crippen LogP contribution in [0.2, 0.25) is 0 Å². The maximum Gasteiger partial charge on any atom is 0.233 e. The molecular weight excluding hydrogens is 140 g/mol. The van der Waals surface area contributed by atoms with E-state index in [9.17, 15) is 0 Å². The molecule has 0 aromatic heterocycles. The summed E-state index contributed by atoms with van der Waals surface area (Å²) in [5.41, 5.74) is 0. The van der Waals surface area contributed by atoms with Crippen LogP contribution < -0.4 is 0 Å². The second-order valence-electron chi connectivity index (χ2n) is 2.24. The van der Waals surface area contributed by atoms with Gasteiger partial charge in [-0.15, -0.1) is 0 Å². The van der Waals surface area contributed by atoms with E-state index in [4.69, 9.17) is 16.6 Å². The summed E-state index contributed by atoms with van der Waals surface area (Å²) < 4.78 is 1.31. The summed E-state index contributed by atoms with van der Waals surface area (Å²) >= 11 is 5.58. The highest BCUT2D eigenvalue weighted by Gasteiger charge is 2.24. The fourth-order valence-corrected chi connectivity index (χ4v) is 0.890. The standard InChI is InChI=1S/C5H8ClN2O/c1-4(2)5-8(6)3-7-9-5/h4-5H,1-2H3. The molecule has 0 aliphatic carbocycles. The molecule has 0 N–H and O–H groups in total. The Labute approximate surface area is 59.3 Å². The molecule has 1 rings (SSSR count). The van der Waals surface area contributed by atoms with Crippen LogP contribution in [-0.4, -0.2) is 17.0 Å². The van der Waals surface area contributed by atoms with Crippen LogP contribution in [0.25, 0.3) is 0 Å². The zero-order valence-corrected chi connectivity index (χ0v) is 6.09. The maximum atomic E-state index is 5.58. The van der Waals surface area contributed by atoms with Gasteiger partial charge in [0.25, 0.3) is 0 Å². The molecule has 0 fully saturated rings. The molecule has 1 heterocycles. The lowest BCUT2D eigenvalue weighted by Crippen LogP contribution is -2.27. The predicted octanol–water partition coefficient (Wildman–Crippen LogP) is 1.27. The number of hydrogen-bond acceptors (Lipinski definition) is 3. The van der Waals surface area contributed by atoms with Crippen LogP contribution >= 0.6 is 11.8 Å². The first kappa shape index (κ1) is 6.68. The Morgan fingerprint density at radius 1 is 1.78 bits per heavy atom. The average molecular weight is 148 g/mol. The lowest BCUT2D eigenvalue weighted by Gasteiger charge is -2.16. The van der Waals surface area contributed by atoms with Crippen LogP contribution in [0.3, 0.4) is 0 Å². The van der Waals surface area contributed by atoms with Crippen molar-refractivity contribution in [1.82, 2.24) is 4.42 Å². The van der Waals surface area contributed by atoms with Crippen LogP contribution in [0.15, 0.2) is 5.16 Å². The van der Waals surface area contributed by atoms with Gasteiger partial charge in [0.15, 0.2) is 0 Å². The molecule has 0 aromatic carbocycles. The van der Waals surface area contributed by atoms with E-state index in [1.54, 1.807) is 0 Å². The Bertz CT molecular complexity index is 126. The minimum atomic E-state index is -0.147. The molecular formula is C5H8ClN2O. The molecule has 0 amide bonds. The molecule has 51 valence electrons. The van der Waals surface area contributed by atoms with Crippen molar-refractivity contribution in [1.29, 1.82) is 0 Å². The normalized spacial score (nSPS) is 25.3. The molecule has 1 aliphatic rings. The largest absolute Gasteiger partial charge is 0.367 e. The third-order valence-electron chi connectivity index (χ3n) is 1.09. The molecule has 1 radical (unpaired) electrons. The summed E-state index contributed by atoms with van der Waals surface area (Å²) in [5, 5.41) is 3.41. The van der Waals surface area contributed by atoms with Crippen LogP contribution in [0.1, 0.15) is 13.8 Å². The second kappa shape index (κ2) is 2.43. The van der Waals surface area contributed by atoms with E-state index in [-0.39, 0.29) is 6.23 Å². The van der Waals surface area contributed by atoms with Gasteiger partial charge in [0.2, 0.25) is 12.6 Å². The number of nitrogens with zero attached hydrogens (tertiary/aromatic N) is 2. The Morgan fingerprint density at radius 2 is 2.44 bits per heavy atom. The highest BCUT2D eigenvalue weighted by atomic mass is 35.5. The van der Waals surface area contributed by atoms with Crippen molar-refractivity contribution in [3.63, 3.8) is 0 Å². The first-order valence-electron chi connectivity index (χ1n) is 2.78. The third kappa shape index (κ3) is 1.27. The molecule has 1 atom stereocenters. The van der Waals surface area contributed by atoms with Crippen molar-refractivity contribution < 1.29 is 4.84 Å². The summed E-state index contributed by atoms with van der Waals surface area (Å²) in [5.74, 6) is 0.334. The summed E-state index contributed by atoms with van der Waals surface area (Å²) in [4.78, 5) is 4.83. The van der Waals surface area contributed by atoms with Crippen LogP contribution in [-0.2, 0) is 4.84 Å². The van der Waals surface area contributed by atoms with Gasteiger partial charge in [-0.2, -0.15) is 0 Å². The highest BCUT2D eigenvalue weighted by molar-refractivity contribution is 6.19. The molecule has 9 heavy (non-hydrogen) atoms. The van der Waals surface area contributed by atoms with Crippen LogP contribution in [0, 0.1) is 5.92 Å². The summed E-state index contributed by atoms with van der Waals surface area (Å²) in [6.07, 6.45) is 2.31. The molecule has 4 heteroatoms. The molecule has 0 aromatic rings. The predicted molar refractivity (Wildman–Crippen MR) is 34.8 cm³/mol. The highest BCUT2D eigenvalue weighted by Crippen LogP contribution is 2.17. The Morgan fingerprint density at radius 3 is 2.67 bits per heavy atom. The van der Waals surface area contributed by atoms with Crippen molar-refractivity contribution in [3.8, 4) is 0 Å². The second-order valence-corrected chi connectivity index (χ2v) is 2.61. The molecule has 0 bridgehead atoms. The molecule has 0 saturated carbocycles. The van der Waals surface area contributed by atoms with E-state index in [0.717, 1.165) is 0 Å². The molecule has 1 unspecified atom stereocenters. The van der Waals surface area contributed by atoms with Crippen molar-refractivity contribution in [3.05, 3.63) is 0 Å². The molecule has 0 spiro atoms. The minimum absolute atomic E-state index is 0.147. The van der Waals surface area contributed by atoms with Gasteiger partial charge < -0.3 is 4.84 Å². The van der Waals surface area contributed by atoms with Gasteiger partial charge in [-0.3, -0.25) is 0 Å². The van der Waals surface area contributed by atoms with Crippen LogP contribution in [0.5, 0.6) is 0 Å². The van der Waals surface area contributed by atoms with Gasteiger partial charge in [-0.05, 0) is 0 Å². The van der Waals surface area contributed by atoms with Gasteiger partial charge in [0.1, 0.15) is 0 Å². The van der Waals surface area contributed by atoms with E-state index in [0.29, 0.717) is 5.92 Å². The lowest BCUT2D eigenvalue weighted by molar-refractivity contribution is 0.00695. The van der Waals surface area contributed by atoms with Gasteiger partial charge in [0.05, 0.1) is 0 Å². The lowest BCUT2D eigenvalue weighted by atomic mass is 10.2. The Balaban J connectivity index is 2.45. The Hall–Kier alpha value is -0.440. The molecule has 3 nitrogen and oxygen atoms in total. The van der Waals surface area contributed by atoms with Gasteiger partial charge >= 0.3 is 0 Å². The fourth-order valence-electron chi connectivity index (χ4n) is 0.598. The van der Waals surface area contributed by atoms with Gasteiger partial charge in [-0.1, -0.05) is 19.0 Å². The van der Waals surface area contributed by atoms with E-state index < -0.39 is 0 Å². The average Bonchev–Trinajstić information content (AvgIpc) is 2.13. The monoisotopic (exact) mass is 147 g/mol. The summed E-state index contributed by atoms with van der Waals surface area (Å²) in [6, 6.07) is 0. The number of halogens is 1. The molecule has 1 aliphatic heterocycles. The smallest absolute Gasteiger partial charge is 0.233 e. The van der Waals surface area contributed by atoms with Gasteiger partial charge in [-0.25, -0.2) is 4.42 Å². The van der Waals surface area contributed by atoms with E-state index in [2.05, 4.69) is 11.5 Å².